The van der Waals surface area contributed by atoms with Gasteiger partial charge in [-0.15, -0.1) is 0 Å². The van der Waals surface area contributed by atoms with Crippen LogP contribution in [0.3, 0.4) is 0 Å². The molecule has 1 aromatic rings. The average Bonchev–Trinajstić information content (AvgIpc) is 2.37. The third kappa shape index (κ3) is 3.16. The summed E-state index contributed by atoms with van der Waals surface area (Å²) in [5.41, 5.74) is 0.347. The van der Waals surface area contributed by atoms with Gasteiger partial charge >= 0.3 is 0 Å². The molecule has 1 aliphatic heterocycles. The molecular formula is C13H17FN2O3S. The van der Waals surface area contributed by atoms with Gasteiger partial charge in [0, 0.05) is 19.0 Å². The van der Waals surface area contributed by atoms with E-state index >= 15 is 0 Å². The van der Waals surface area contributed by atoms with Gasteiger partial charge in [0.25, 0.3) is 0 Å². The van der Waals surface area contributed by atoms with Crippen molar-refractivity contribution in [2.24, 2.45) is 11.1 Å². The maximum absolute atomic E-state index is 14.0. The largest absolute Gasteiger partial charge is 0.369 e. The van der Waals surface area contributed by atoms with Crippen molar-refractivity contribution in [2.45, 2.75) is 24.7 Å². The van der Waals surface area contributed by atoms with Crippen LogP contribution in [0.15, 0.2) is 23.1 Å². The molecule has 0 atom stereocenters. The Hall–Kier alpha value is -1.47. The lowest BCUT2D eigenvalue weighted by molar-refractivity contribution is -0.121. The van der Waals surface area contributed by atoms with Crippen LogP contribution in [0.5, 0.6) is 0 Å². The molecule has 0 spiro atoms. The van der Waals surface area contributed by atoms with E-state index in [1.54, 1.807) is 6.92 Å². The van der Waals surface area contributed by atoms with E-state index in [0.29, 0.717) is 31.6 Å². The van der Waals surface area contributed by atoms with Gasteiger partial charge in [-0.2, -0.15) is 0 Å². The number of rotatable bonds is 3. The minimum atomic E-state index is -3.90. The van der Waals surface area contributed by atoms with Crippen LogP contribution < -0.4 is 10.0 Å². The molecule has 2 N–H and O–H groups in total. The average molecular weight is 300 g/mol. The summed E-state index contributed by atoms with van der Waals surface area (Å²) in [7, 11) is -3.90. The number of hydrogen-bond acceptors (Lipinski definition) is 4. The highest BCUT2D eigenvalue weighted by Crippen LogP contribution is 2.27. The minimum absolute atomic E-state index is 0.0398. The summed E-state index contributed by atoms with van der Waals surface area (Å²) in [5, 5.41) is 4.96. The van der Waals surface area contributed by atoms with Crippen molar-refractivity contribution in [3.8, 4) is 0 Å². The van der Waals surface area contributed by atoms with E-state index in [4.69, 9.17) is 5.14 Å². The van der Waals surface area contributed by atoms with Crippen LogP contribution in [-0.4, -0.2) is 27.3 Å². The molecule has 0 aliphatic carbocycles. The van der Waals surface area contributed by atoms with Crippen molar-refractivity contribution in [1.29, 1.82) is 0 Å². The number of nitrogens with two attached hydrogens (primary N) is 1. The topological polar surface area (TPSA) is 80.5 Å². The number of ketones is 1. The van der Waals surface area contributed by atoms with Gasteiger partial charge < -0.3 is 4.90 Å². The van der Waals surface area contributed by atoms with E-state index in [1.807, 2.05) is 4.90 Å². The minimum Gasteiger partial charge on any atom is -0.369 e. The molecule has 20 heavy (non-hydrogen) atoms. The molecule has 7 heteroatoms. The zero-order valence-corrected chi connectivity index (χ0v) is 12.0. The Balaban J connectivity index is 2.17. The maximum Gasteiger partial charge on any atom is 0.238 e. The van der Waals surface area contributed by atoms with E-state index in [9.17, 15) is 17.6 Å². The molecular weight excluding hydrogens is 283 g/mol. The van der Waals surface area contributed by atoms with Crippen molar-refractivity contribution in [2.75, 3.05) is 18.0 Å². The third-order valence-corrected chi connectivity index (χ3v) is 4.57. The van der Waals surface area contributed by atoms with Crippen LogP contribution in [0.25, 0.3) is 0 Å². The zero-order chi connectivity index (χ0) is 14.9. The van der Waals surface area contributed by atoms with Gasteiger partial charge in [-0.1, -0.05) is 0 Å². The Morgan fingerprint density at radius 1 is 1.35 bits per heavy atom. The van der Waals surface area contributed by atoms with Gasteiger partial charge in [0.15, 0.2) is 0 Å². The van der Waals surface area contributed by atoms with E-state index in [1.165, 1.54) is 12.1 Å². The second kappa shape index (κ2) is 5.49. The number of halogens is 1. The first-order valence-electron chi connectivity index (χ1n) is 6.37. The molecule has 5 nitrogen and oxygen atoms in total. The maximum atomic E-state index is 14.0. The summed E-state index contributed by atoms with van der Waals surface area (Å²) in [6, 6.07) is 3.65. The number of carbonyl (C=O) groups is 1. The second-order valence-corrected chi connectivity index (χ2v) is 6.59. The van der Waals surface area contributed by atoms with Gasteiger partial charge in [0.05, 0.1) is 10.6 Å². The summed E-state index contributed by atoms with van der Waals surface area (Å²) < 4.78 is 36.3. The first kappa shape index (κ1) is 14.9. The Labute approximate surface area is 117 Å². The molecule has 1 heterocycles. The van der Waals surface area contributed by atoms with Crippen LogP contribution >= 0.6 is 0 Å². The number of primary sulfonamides is 1. The lowest BCUT2D eigenvalue weighted by Gasteiger charge is -2.32. The fraction of sp³-hybridized carbons (Fsp3) is 0.462. The van der Waals surface area contributed by atoms with Gasteiger partial charge in [-0.3, -0.25) is 4.79 Å². The van der Waals surface area contributed by atoms with Crippen LogP contribution in [0.2, 0.25) is 0 Å². The van der Waals surface area contributed by atoms with E-state index in [0.717, 1.165) is 6.07 Å². The summed E-state index contributed by atoms with van der Waals surface area (Å²) in [4.78, 5) is 12.9. The van der Waals surface area contributed by atoms with E-state index in [2.05, 4.69) is 0 Å². The second-order valence-electron chi connectivity index (χ2n) is 5.03. The number of nitrogens with zero attached hydrogens (tertiary/aromatic N) is 1. The SMILES string of the molecule is CC(=O)C1CCN(c2ccc(S(N)(=O)=O)cc2F)CC1. The highest BCUT2D eigenvalue weighted by atomic mass is 32.2. The van der Waals surface area contributed by atoms with E-state index < -0.39 is 15.8 Å². The predicted octanol–water partition coefficient (Wildman–Crippen LogP) is 1.28. The Morgan fingerprint density at radius 3 is 2.40 bits per heavy atom. The highest BCUT2D eigenvalue weighted by Gasteiger charge is 2.24. The van der Waals surface area contributed by atoms with Gasteiger partial charge in [-0.25, -0.2) is 17.9 Å². The summed E-state index contributed by atoms with van der Waals surface area (Å²) >= 11 is 0. The molecule has 2 rings (SSSR count). The van der Waals surface area contributed by atoms with Gasteiger partial charge in [0.1, 0.15) is 11.6 Å². The first-order valence-corrected chi connectivity index (χ1v) is 7.91. The molecule has 0 aromatic heterocycles. The number of Topliss-reactive ketones (excluding diaryl/α,β-unsaturated/α-hetero) is 1. The third-order valence-electron chi connectivity index (χ3n) is 3.66. The molecule has 1 aromatic carbocycles. The van der Waals surface area contributed by atoms with Crippen molar-refractivity contribution < 1.29 is 17.6 Å². The number of sulfonamides is 1. The molecule has 0 bridgehead atoms. The number of benzene rings is 1. The van der Waals surface area contributed by atoms with Crippen molar-refractivity contribution in [3.63, 3.8) is 0 Å². The Morgan fingerprint density at radius 2 is 1.95 bits per heavy atom. The van der Waals surface area contributed by atoms with E-state index in [-0.39, 0.29) is 16.6 Å². The summed E-state index contributed by atoms with van der Waals surface area (Å²) in [6.45, 7) is 2.73. The molecule has 1 fully saturated rings. The molecule has 1 aliphatic rings. The summed E-state index contributed by atoms with van der Waals surface area (Å²) in [6.07, 6.45) is 1.37. The van der Waals surface area contributed by atoms with Crippen molar-refractivity contribution in [3.05, 3.63) is 24.0 Å². The van der Waals surface area contributed by atoms with Crippen molar-refractivity contribution in [1.82, 2.24) is 0 Å². The fourth-order valence-electron chi connectivity index (χ4n) is 2.45. The smallest absolute Gasteiger partial charge is 0.238 e. The predicted molar refractivity (Wildman–Crippen MR) is 73.4 cm³/mol. The Bertz CT molecular complexity index is 623. The monoisotopic (exact) mass is 300 g/mol. The normalized spacial score (nSPS) is 17.2. The molecule has 110 valence electrons. The van der Waals surface area contributed by atoms with Gasteiger partial charge in [-0.05, 0) is 38.0 Å². The zero-order valence-electron chi connectivity index (χ0n) is 11.2. The molecule has 0 saturated carbocycles. The van der Waals surface area contributed by atoms with Crippen LogP contribution in [-0.2, 0) is 14.8 Å². The number of hydrogen-bond donors (Lipinski definition) is 1. The van der Waals surface area contributed by atoms with Crippen LogP contribution in [0.1, 0.15) is 19.8 Å². The lowest BCUT2D eigenvalue weighted by Crippen LogP contribution is -2.36. The lowest BCUT2D eigenvalue weighted by atomic mass is 9.93. The number of carbonyl (C=O) groups excluding carboxylic acids is 1. The summed E-state index contributed by atoms with van der Waals surface area (Å²) in [5.74, 6) is -0.412. The standard InChI is InChI=1S/C13H17FN2O3S/c1-9(17)10-4-6-16(7-5-10)13-3-2-11(8-12(13)14)20(15,18)19/h2-3,8,10H,4-7H2,1H3,(H2,15,18,19). The van der Waals surface area contributed by atoms with Gasteiger partial charge in [0.2, 0.25) is 10.0 Å². The van der Waals surface area contributed by atoms with Crippen molar-refractivity contribution >= 4 is 21.5 Å². The quantitative estimate of drug-likeness (QED) is 0.912. The molecule has 0 unspecified atom stereocenters. The fourth-order valence-corrected chi connectivity index (χ4v) is 2.97. The molecule has 1 saturated heterocycles. The van der Waals surface area contributed by atoms with Crippen LogP contribution in [0.4, 0.5) is 10.1 Å². The molecule has 0 radical (unpaired) electrons. The number of anilines is 1. The molecule has 0 amide bonds. The highest BCUT2D eigenvalue weighted by molar-refractivity contribution is 7.89. The Kier molecular flexibility index (Phi) is 4.10. The number of piperidine rings is 1. The first-order chi connectivity index (χ1) is 9.29. The van der Waals surface area contributed by atoms with Crippen LogP contribution in [0, 0.1) is 11.7 Å².